The Hall–Kier alpha value is -2.00. The van der Waals surface area contributed by atoms with Crippen molar-refractivity contribution in [2.24, 2.45) is 0 Å². The molecule has 1 saturated heterocycles. The summed E-state index contributed by atoms with van der Waals surface area (Å²) in [6.07, 6.45) is 3.33. The zero-order chi connectivity index (χ0) is 15.5. The number of hydrogen-bond acceptors (Lipinski definition) is 8. The zero-order valence-corrected chi connectivity index (χ0v) is 12.3. The first kappa shape index (κ1) is 14.9. The number of nitrogens with zero attached hydrogens (tertiary/aromatic N) is 5. The average Bonchev–Trinajstić information content (AvgIpc) is 3.32. The van der Waals surface area contributed by atoms with Crippen LogP contribution in [-0.4, -0.2) is 70.3 Å². The van der Waals surface area contributed by atoms with Gasteiger partial charge in [-0.05, 0) is 12.8 Å². The maximum absolute atomic E-state index is 11.1. The van der Waals surface area contributed by atoms with Crippen molar-refractivity contribution in [3.63, 3.8) is 0 Å². The lowest BCUT2D eigenvalue weighted by atomic mass is 10.3. The van der Waals surface area contributed by atoms with Crippen molar-refractivity contribution in [1.82, 2.24) is 14.9 Å². The molecule has 0 unspecified atom stereocenters. The van der Waals surface area contributed by atoms with Gasteiger partial charge in [-0.15, -0.1) is 0 Å². The van der Waals surface area contributed by atoms with Crippen LogP contribution >= 0.6 is 0 Å². The molecule has 0 atom stereocenters. The third kappa shape index (κ3) is 3.42. The van der Waals surface area contributed by atoms with E-state index in [4.69, 9.17) is 5.11 Å². The molecule has 0 radical (unpaired) electrons. The van der Waals surface area contributed by atoms with Gasteiger partial charge in [0.05, 0.1) is 11.5 Å². The second-order valence-corrected chi connectivity index (χ2v) is 5.63. The predicted molar refractivity (Wildman–Crippen MR) is 81.1 cm³/mol. The van der Waals surface area contributed by atoms with E-state index in [1.165, 1.54) is 6.20 Å². The topological polar surface area (TPSA) is 108 Å². The number of anilines is 2. The lowest BCUT2D eigenvalue weighted by molar-refractivity contribution is -0.384. The number of hydrogen-bond donors (Lipinski definition) is 2. The maximum Gasteiger partial charge on any atom is 0.329 e. The number of β-amino-alcohol motifs (C(OH)–C–C–N with tert-alkyl or cyclic N) is 1. The molecule has 0 amide bonds. The van der Waals surface area contributed by atoms with Crippen LogP contribution in [0, 0.1) is 10.1 Å². The summed E-state index contributed by atoms with van der Waals surface area (Å²) in [5.41, 5.74) is -0.0745. The van der Waals surface area contributed by atoms with Crippen molar-refractivity contribution in [3.8, 4) is 0 Å². The number of aliphatic hydroxyl groups excluding tert-OH is 1. The largest absolute Gasteiger partial charge is 0.395 e. The van der Waals surface area contributed by atoms with Crippen molar-refractivity contribution in [1.29, 1.82) is 0 Å². The standard InChI is InChI=1S/C13H20N6O3/c20-8-7-17-3-5-18(6-4-17)13-14-9-11(19(21)22)12(16-13)15-10-1-2-10/h9-10,20H,1-8H2,(H,14,15,16). The highest BCUT2D eigenvalue weighted by atomic mass is 16.6. The van der Waals surface area contributed by atoms with Crippen molar-refractivity contribution >= 4 is 17.5 Å². The van der Waals surface area contributed by atoms with E-state index in [0.29, 0.717) is 24.4 Å². The highest BCUT2D eigenvalue weighted by Crippen LogP contribution is 2.30. The normalized spacial score (nSPS) is 19.2. The molecule has 1 saturated carbocycles. The smallest absolute Gasteiger partial charge is 0.329 e. The Balaban J connectivity index is 1.72. The molecule has 2 fully saturated rings. The van der Waals surface area contributed by atoms with Gasteiger partial charge in [0.2, 0.25) is 11.8 Å². The van der Waals surface area contributed by atoms with Crippen LogP contribution in [0.25, 0.3) is 0 Å². The summed E-state index contributed by atoms with van der Waals surface area (Å²) in [6, 6.07) is 0.294. The van der Waals surface area contributed by atoms with E-state index < -0.39 is 4.92 Å². The predicted octanol–water partition coefficient (Wildman–Crippen LogP) is 0.0734. The van der Waals surface area contributed by atoms with Crippen LogP contribution in [0.3, 0.4) is 0 Å². The number of piperazine rings is 1. The molecule has 0 bridgehead atoms. The Kier molecular flexibility index (Phi) is 4.34. The summed E-state index contributed by atoms with van der Waals surface area (Å²) < 4.78 is 0. The molecule has 120 valence electrons. The molecule has 9 heteroatoms. The fraction of sp³-hybridized carbons (Fsp3) is 0.692. The monoisotopic (exact) mass is 308 g/mol. The molecule has 9 nitrogen and oxygen atoms in total. The van der Waals surface area contributed by atoms with Crippen molar-refractivity contribution in [2.75, 3.05) is 49.5 Å². The van der Waals surface area contributed by atoms with Gasteiger partial charge in [0.25, 0.3) is 0 Å². The molecule has 22 heavy (non-hydrogen) atoms. The summed E-state index contributed by atoms with van der Waals surface area (Å²) >= 11 is 0. The van der Waals surface area contributed by atoms with Crippen LogP contribution in [0.4, 0.5) is 17.5 Å². The zero-order valence-electron chi connectivity index (χ0n) is 12.3. The van der Waals surface area contributed by atoms with E-state index in [1.54, 1.807) is 0 Å². The Morgan fingerprint density at radius 2 is 2.09 bits per heavy atom. The minimum Gasteiger partial charge on any atom is -0.395 e. The number of aromatic nitrogens is 2. The molecule has 2 N–H and O–H groups in total. The number of aliphatic hydroxyl groups is 1. The molecule has 1 aromatic heterocycles. The van der Waals surface area contributed by atoms with E-state index in [9.17, 15) is 10.1 Å². The quantitative estimate of drug-likeness (QED) is 0.561. The SMILES string of the molecule is O=[N+]([O-])c1cnc(N2CCN(CCO)CC2)nc1NC1CC1. The Morgan fingerprint density at radius 3 is 2.68 bits per heavy atom. The summed E-state index contributed by atoms with van der Waals surface area (Å²) in [4.78, 5) is 23.3. The fourth-order valence-corrected chi connectivity index (χ4v) is 2.49. The lowest BCUT2D eigenvalue weighted by Gasteiger charge is -2.34. The minimum atomic E-state index is -0.451. The highest BCUT2D eigenvalue weighted by molar-refractivity contribution is 5.58. The van der Waals surface area contributed by atoms with Crippen LogP contribution in [0.2, 0.25) is 0 Å². The van der Waals surface area contributed by atoms with E-state index in [1.807, 2.05) is 4.90 Å². The van der Waals surface area contributed by atoms with Gasteiger partial charge >= 0.3 is 5.69 Å². The molecule has 3 rings (SSSR count). The molecule has 0 aromatic carbocycles. The number of rotatable bonds is 6. The van der Waals surface area contributed by atoms with Gasteiger partial charge in [0.1, 0.15) is 6.20 Å². The molecular weight excluding hydrogens is 288 g/mol. The Morgan fingerprint density at radius 1 is 1.36 bits per heavy atom. The van der Waals surface area contributed by atoms with Crippen molar-refractivity contribution < 1.29 is 10.0 Å². The summed E-state index contributed by atoms with van der Waals surface area (Å²) in [5, 5.41) is 23.1. The van der Waals surface area contributed by atoms with Crippen LogP contribution in [0.1, 0.15) is 12.8 Å². The average molecular weight is 308 g/mol. The van der Waals surface area contributed by atoms with E-state index in [-0.39, 0.29) is 12.3 Å². The second kappa shape index (κ2) is 6.41. The third-order valence-electron chi connectivity index (χ3n) is 3.94. The molecule has 1 aliphatic carbocycles. The first-order valence-corrected chi connectivity index (χ1v) is 7.53. The van der Waals surface area contributed by atoms with E-state index in [0.717, 1.165) is 39.0 Å². The van der Waals surface area contributed by atoms with Gasteiger partial charge in [-0.3, -0.25) is 15.0 Å². The van der Waals surface area contributed by atoms with Crippen molar-refractivity contribution in [3.05, 3.63) is 16.3 Å². The fourth-order valence-electron chi connectivity index (χ4n) is 2.49. The minimum absolute atomic E-state index is 0.0745. The maximum atomic E-state index is 11.1. The highest BCUT2D eigenvalue weighted by Gasteiger charge is 2.28. The summed E-state index contributed by atoms with van der Waals surface area (Å²) in [5.74, 6) is 0.840. The van der Waals surface area contributed by atoms with Crippen LogP contribution in [-0.2, 0) is 0 Å². The van der Waals surface area contributed by atoms with Gasteiger partial charge in [0, 0.05) is 38.8 Å². The third-order valence-corrected chi connectivity index (χ3v) is 3.94. The van der Waals surface area contributed by atoms with Crippen LogP contribution in [0.5, 0.6) is 0 Å². The molecule has 2 aliphatic rings. The van der Waals surface area contributed by atoms with Crippen LogP contribution in [0.15, 0.2) is 6.20 Å². The first-order valence-electron chi connectivity index (χ1n) is 7.53. The molecular formula is C13H20N6O3. The van der Waals surface area contributed by atoms with E-state index >= 15 is 0 Å². The lowest BCUT2D eigenvalue weighted by Crippen LogP contribution is -2.47. The van der Waals surface area contributed by atoms with Gasteiger partial charge in [-0.1, -0.05) is 0 Å². The number of nitro groups is 1. The molecule has 0 spiro atoms. The van der Waals surface area contributed by atoms with Gasteiger partial charge in [0.15, 0.2) is 0 Å². The molecule has 2 heterocycles. The molecule has 1 aliphatic heterocycles. The van der Waals surface area contributed by atoms with Gasteiger partial charge < -0.3 is 15.3 Å². The second-order valence-electron chi connectivity index (χ2n) is 5.63. The van der Waals surface area contributed by atoms with E-state index in [2.05, 4.69) is 20.2 Å². The number of nitrogens with one attached hydrogen (secondary N) is 1. The Bertz CT molecular complexity index is 543. The molecule has 1 aromatic rings. The first-order chi connectivity index (χ1) is 10.7. The Labute approximate surface area is 128 Å². The van der Waals surface area contributed by atoms with Gasteiger partial charge in [-0.25, -0.2) is 4.98 Å². The van der Waals surface area contributed by atoms with Crippen molar-refractivity contribution in [2.45, 2.75) is 18.9 Å². The summed E-state index contributed by atoms with van der Waals surface area (Å²) in [6.45, 7) is 3.98. The summed E-state index contributed by atoms with van der Waals surface area (Å²) in [7, 11) is 0. The van der Waals surface area contributed by atoms with Crippen LogP contribution < -0.4 is 10.2 Å². The van der Waals surface area contributed by atoms with Gasteiger partial charge in [-0.2, -0.15) is 4.98 Å².